The molecule has 0 radical (unpaired) electrons. The van der Waals surface area contributed by atoms with Crippen LogP contribution in [0.15, 0.2) is 48.5 Å². The number of nitro benzene ring substituents is 1. The zero-order valence-corrected chi connectivity index (χ0v) is 12.3. The van der Waals surface area contributed by atoms with Crippen LogP contribution in [-0.4, -0.2) is 10.9 Å². The molecule has 0 spiro atoms. The van der Waals surface area contributed by atoms with Crippen LogP contribution in [0.5, 0.6) is 5.75 Å². The Balaban J connectivity index is 2.00. The molecular formula is C17H17NO4. The number of nitro groups is 1. The summed E-state index contributed by atoms with van der Waals surface area (Å²) in [5, 5.41) is 10.6. The second-order valence-electron chi connectivity index (χ2n) is 4.94. The summed E-state index contributed by atoms with van der Waals surface area (Å²) in [6, 6.07) is 12.7. The number of hydrogen-bond acceptors (Lipinski definition) is 4. The molecular weight excluding hydrogens is 282 g/mol. The molecule has 5 nitrogen and oxygen atoms in total. The fraction of sp³-hybridized carbons (Fsp3) is 0.235. The topological polar surface area (TPSA) is 69.4 Å². The predicted molar refractivity (Wildman–Crippen MR) is 83.1 cm³/mol. The fourth-order valence-electron chi connectivity index (χ4n) is 1.99. The van der Waals surface area contributed by atoms with E-state index in [0.717, 1.165) is 19.3 Å². The standard InChI is InChI=1S/C17H17NO4/c1-2-3-4-13-5-7-14(8-6-13)17(19)22-16-11-9-15(10-12-16)18(20)21/h5-12H,2-4H2,1H3. The van der Waals surface area contributed by atoms with Gasteiger partial charge in [0, 0.05) is 12.1 Å². The van der Waals surface area contributed by atoms with Gasteiger partial charge in [0.1, 0.15) is 5.75 Å². The van der Waals surface area contributed by atoms with Gasteiger partial charge < -0.3 is 4.74 Å². The summed E-state index contributed by atoms with van der Waals surface area (Å²) in [4.78, 5) is 22.1. The van der Waals surface area contributed by atoms with Crippen LogP contribution >= 0.6 is 0 Å². The molecule has 0 N–H and O–H groups in total. The van der Waals surface area contributed by atoms with Crippen LogP contribution in [-0.2, 0) is 6.42 Å². The molecule has 2 aromatic rings. The average Bonchev–Trinajstić information content (AvgIpc) is 2.54. The van der Waals surface area contributed by atoms with Crippen molar-refractivity contribution >= 4 is 11.7 Å². The lowest BCUT2D eigenvalue weighted by Crippen LogP contribution is -2.08. The van der Waals surface area contributed by atoms with Gasteiger partial charge in [-0.05, 0) is 42.7 Å². The highest BCUT2D eigenvalue weighted by atomic mass is 16.6. The molecule has 0 aliphatic heterocycles. The molecule has 0 saturated heterocycles. The van der Waals surface area contributed by atoms with Crippen LogP contribution in [0.1, 0.15) is 35.7 Å². The summed E-state index contributed by atoms with van der Waals surface area (Å²) >= 11 is 0. The van der Waals surface area contributed by atoms with Crippen molar-refractivity contribution in [3.05, 3.63) is 69.8 Å². The van der Waals surface area contributed by atoms with E-state index in [4.69, 9.17) is 4.74 Å². The molecule has 2 rings (SSSR count). The van der Waals surface area contributed by atoms with Gasteiger partial charge in [-0.15, -0.1) is 0 Å². The van der Waals surface area contributed by atoms with Crippen molar-refractivity contribution in [3.8, 4) is 5.75 Å². The molecule has 5 heteroatoms. The average molecular weight is 299 g/mol. The summed E-state index contributed by atoms with van der Waals surface area (Å²) < 4.78 is 5.19. The predicted octanol–water partition coefficient (Wildman–Crippen LogP) is 4.16. The van der Waals surface area contributed by atoms with E-state index in [9.17, 15) is 14.9 Å². The Morgan fingerprint density at radius 1 is 1.09 bits per heavy atom. The Labute approximate surface area is 128 Å². The highest BCUT2D eigenvalue weighted by molar-refractivity contribution is 5.91. The van der Waals surface area contributed by atoms with E-state index in [1.807, 2.05) is 12.1 Å². The lowest BCUT2D eigenvalue weighted by Gasteiger charge is -2.05. The third-order valence-electron chi connectivity index (χ3n) is 3.27. The second kappa shape index (κ2) is 7.36. The molecule has 0 saturated carbocycles. The number of rotatable bonds is 6. The van der Waals surface area contributed by atoms with E-state index in [-0.39, 0.29) is 11.4 Å². The number of esters is 1. The van der Waals surface area contributed by atoms with E-state index >= 15 is 0 Å². The van der Waals surface area contributed by atoms with Crippen molar-refractivity contribution < 1.29 is 14.5 Å². The molecule has 0 bridgehead atoms. The highest BCUT2D eigenvalue weighted by Gasteiger charge is 2.10. The minimum Gasteiger partial charge on any atom is -0.423 e. The molecule has 114 valence electrons. The van der Waals surface area contributed by atoms with Crippen LogP contribution in [0.25, 0.3) is 0 Å². The summed E-state index contributed by atoms with van der Waals surface area (Å²) in [6.07, 6.45) is 3.24. The Hall–Kier alpha value is -2.69. The van der Waals surface area contributed by atoms with E-state index in [2.05, 4.69) is 6.92 Å². The molecule has 0 atom stereocenters. The number of benzene rings is 2. The molecule has 0 aliphatic carbocycles. The number of carbonyl (C=O) groups excluding carboxylic acids is 1. The molecule has 0 aliphatic rings. The first-order chi connectivity index (χ1) is 10.6. The first kappa shape index (κ1) is 15.7. The van der Waals surface area contributed by atoms with E-state index in [0.29, 0.717) is 5.56 Å². The number of nitrogens with zero attached hydrogens (tertiary/aromatic N) is 1. The van der Waals surface area contributed by atoms with Gasteiger partial charge in [-0.25, -0.2) is 4.79 Å². The van der Waals surface area contributed by atoms with Crippen LogP contribution in [0.4, 0.5) is 5.69 Å². The van der Waals surface area contributed by atoms with Gasteiger partial charge in [0.25, 0.3) is 5.69 Å². The van der Waals surface area contributed by atoms with Crippen molar-refractivity contribution in [1.29, 1.82) is 0 Å². The Kier molecular flexibility index (Phi) is 5.25. The van der Waals surface area contributed by atoms with Gasteiger partial charge in [-0.2, -0.15) is 0 Å². The molecule has 0 fully saturated rings. The monoisotopic (exact) mass is 299 g/mol. The van der Waals surface area contributed by atoms with Gasteiger partial charge in [-0.3, -0.25) is 10.1 Å². The third kappa shape index (κ3) is 4.15. The second-order valence-corrected chi connectivity index (χ2v) is 4.94. The first-order valence-electron chi connectivity index (χ1n) is 7.15. The van der Waals surface area contributed by atoms with Crippen molar-refractivity contribution in [2.75, 3.05) is 0 Å². The Morgan fingerprint density at radius 2 is 1.73 bits per heavy atom. The van der Waals surface area contributed by atoms with Gasteiger partial charge in [0.05, 0.1) is 10.5 Å². The van der Waals surface area contributed by atoms with Crippen LogP contribution in [0.2, 0.25) is 0 Å². The minimum atomic E-state index is -0.499. The van der Waals surface area contributed by atoms with Crippen LogP contribution < -0.4 is 4.74 Å². The number of carbonyl (C=O) groups is 1. The molecule has 0 heterocycles. The molecule has 0 amide bonds. The lowest BCUT2D eigenvalue weighted by atomic mass is 10.1. The highest BCUT2D eigenvalue weighted by Crippen LogP contribution is 2.18. The first-order valence-corrected chi connectivity index (χ1v) is 7.15. The molecule has 2 aromatic carbocycles. The number of ether oxygens (including phenoxy) is 1. The SMILES string of the molecule is CCCCc1ccc(C(=O)Oc2ccc([N+](=O)[O-])cc2)cc1. The summed E-state index contributed by atoms with van der Waals surface area (Å²) in [5.74, 6) is -0.193. The zero-order chi connectivity index (χ0) is 15.9. The van der Waals surface area contributed by atoms with Gasteiger partial charge in [0.15, 0.2) is 0 Å². The quantitative estimate of drug-likeness (QED) is 0.347. The van der Waals surface area contributed by atoms with E-state index < -0.39 is 10.9 Å². The molecule has 22 heavy (non-hydrogen) atoms. The van der Waals surface area contributed by atoms with Gasteiger partial charge in [0.2, 0.25) is 0 Å². The van der Waals surface area contributed by atoms with E-state index in [1.165, 1.54) is 29.8 Å². The van der Waals surface area contributed by atoms with Gasteiger partial charge >= 0.3 is 5.97 Å². The largest absolute Gasteiger partial charge is 0.423 e. The normalized spacial score (nSPS) is 10.2. The number of non-ortho nitro benzene ring substituents is 1. The number of hydrogen-bond donors (Lipinski definition) is 0. The van der Waals surface area contributed by atoms with E-state index in [1.54, 1.807) is 12.1 Å². The minimum absolute atomic E-state index is 0.0416. The maximum absolute atomic E-state index is 12.0. The maximum atomic E-state index is 12.0. The third-order valence-corrected chi connectivity index (χ3v) is 3.27. The molecule has 0 aromatic heterocycles. The smallest absolute Gasteiger partial charge is 0.343 e. The van der Waals surface area contributed by atoms with Crippen molar-refractivity contribution in [2.24, 2.45) is 0 Å². The van der Waals surface area contributed by atoms with Crippen LogP contribution in [0.3, 0.4) is 0 Å². The summed E-state index contributed by atoms with van der Waals surface area (Å²) in [6.45, 7) is 2.13. The number of unbranched alkanes of at least 4 members (excludes halogenated alkanes) is 1. The van der Waals surface area contributed by atoms with Crippen molar-refractivity contribution in [1.82, 2.24) is 0 Å². The van der Waals surface area contributed by atoms with Crippen molar-refractivity contribution in [2.45, 2.75) is 26.2 Å². The van der Waals surface area contributed by atoms with Crippen molar-refractivity contribution in [3.63, 3.8) is 0 Å². The van der Waals surface area contributed by atoms with Gasteiger partial charge in [-0.1, -0.05) is 25.5 Å². The van der Waals surface area contributed by atoms with Crippen LogP contribution in [0, 0.1) is 10.1 Å². The Morgan fingerprint density at radius 3 is 2.27 bits per heavy atom. The summed E-state index contributed by atoms with van der Waals surface area (Å²) in [5.41, 5.74) is 1.60. The summed E-state index contributed by atoms with van der Waals surface area (Å²) in [7, 11) is 0. The fourth-order valence-corrected chi connectivity index (χ4v) is 1.99. The lowest BCUT2D eigenvalue weighted by molar-refractivity contribution is -0.384. The maximum Gasteiger partial charge on any atom is 0.343 e. The zero-order valence-electron chi connectivity index (χ0n) is 12.3. The molecule has 0 unspecified atom stereocenters. The Bertz CT molecular complexity index is 647. The number of aryl methyl sites for hydroxylation is 1.